The van der Waals surface area contributed by atoms with Crippen LogP contribution in [0.4, 0.5) is 5.69 Å². The average Bonchev–Trinajstić information content (AvgIpc) is 2.75. The number of rotatable bonds is 9. The number of nitrogens with one attached hydrogen (secondary N) is 1. The Balaban J connectivity index is 1.82. The van der Waals surface area contributed by atoms with Crippen LogP contribution in [0, 0.1) is 13.8 Å². The molecule has 0 aromatic heterocycles. The minimum Gasteiger partial charge on any atom is -0.491 e. The summed E-state index contributed by atoms with van der Waals surface area (Å²) in [7, 11) is -3.93. The van der Waals surface area contributed by atoms with Crippen molar-refractivity contribution in [3.05, 3.63) is 89.5 Å². The van der Waals surface area contributed by atoms with E-state index in [4.69, 9.17) is 4.74 Å². The van der Waals surface area contributed by atoms with E-state index in [9.17, 15) is 13.2 Å². The van der Waals surface area contributed by atoms with E-state index >= 15 is 0 Å². The van der Waals surface area contributed by atoms with E-state index < -0.39 is 15.9 Å². The number of ether oxygens (including phenoxy) is 1. The first-order chi connectivity index (χ1) is 15.6. The first-order valence-electron chi connectivity index (χ1n) is 10.8. The van der Waals surface area contributed by atoms with Crippen LogP contribution in [0.3, 0.4) is 0 Å². The summed E-state index contributed by atoms with van der Waals surface area (Å²) in [5.41, 5.74) is 3.16. The molecule has 0 fully saturated rings. The van der Waals surface area contributed by atoms with Crippen molar-refractivity contribution < 1.29 is 17.9 Å². The molecular weight excluding hydrogens is 436 g/mol. The molecule has 0 bridgehead atoms. The lowest BCUT2D eigenvalue weighted by atomic mass is 10.1. The van der Waals surface area contributed by atoms with E-state index in [2.05, 4.69) is 5.32 Å². The van der Waals surface area contributed by atoms with E-state index in [0.717, 1.165) is 26.7 Å². The molecular formula is C26H30N2O4S. The lowest BCUT2D eigenvalue weighted by molar-refractivity contribution is -0.119. The van der Waals surface area contributed by atoms with Crippen LogP contribution in [-0.4, -0.2) is 27.0 Å². The standard InChI is InChI=1S/C26H30N2O4S/c1-19(2)32-24-10-8-9-22(16-24)17-27-26(29)18-28(23-14-20(3)13-21(4)15-23)33(30,31)25-11-6-5-7-12-25/h5-16,19H,17-18H2,1-4H3,(H,27,29). The van der Waals surface area contributed by atoms with Gasteiger partial charge in [-0.1, -0.05) is 36.4 Å². The molecule has 0 unspecified atom stereocenters. The summed E-state index contributed by atoms with van der Waals surface area (Å²) < 4.78 is 33.7. The lowest BCUT2D eigenvalue weighted by Crippen LogP contribution is -2.40. The zero-order chi connectivity index (χ0) is 24.0. The third-order valence-corrected chi connectivity index (χ3v) is 6.66. The van der Waals surface area contributed by atoms with Gasteiger partial charge in [-0.3, -0.25) is 9.10 Å². The largest absolute Gasteiger partial charge is 0.491 e. The van der Waals surface area contributed by atoms with Crippen molar-refractivity contribution in [1.82, 2.24) is 5.32 Å². The highest BCUT2D eigenvalue weighted by molar-refractivity contribution is 7.92. The van der Waals surface area contributed by atoms with Crippen LogP contribution in [0.15, 0.2) is 77.7 Å². The molecule has 1 amide bonds. The second kappa shape index (κ2) is 10.5. The number of aryl methyl sites for hydroxylation is 2. The van der Waals surface area contributed by atoms with Gasteiger partial charge in [0.05, 0.1) is 16.7 Å². The van der Waals surface area contributed by atoms with Gasteiger partial charge in [-0.15, -0.1) is 0 Å². The monoisotopic (exact) mass is 466 g/mol. The van der Waals surface area contributed by atoms with E-state index in [1.54, 1.807) is 30.3 Å². The molecule has 174 valence electrons. The highest BCUT2D eigenvalue weighted by atomic mass is 32.2. The maximum Gasteiger partial charge on any atom is 0.264 e. The quantitative estimate of drug-likeness (QED) is 0.500. The van der Waals surface area contributed by atoms with Crippen molar-refractivity contribution in [2.24, 2.45) is 0 Å². The van der Waals surface area contributed by atoms with Gasteiger partial charge < -0.3 is 10.1 Å². The first-order valence-corrected chi connectivity index (χ1v) is 12.3. The SMILES string of the molecule is Cc1cc(C)cc(N(CC(=O)NCc2cccc(OC(C)C)c2)S(=O)(=O)c2ccccc2)c1. The molecule has 0 spiro atoms. The molecule has 0 saturated carbocycles. The van der Waals surface area contributed by atoms with Crippen molar-refractivity contribution in [3.63, 3.8) is 0 Å². The molecule has 6 nitrogen and oxygen atoms in total. The van der Waals surface area contributed by atoms with Crippen LogP contribution >= 0.6 is 0 Å². The molecule has 0 aliphatic heterocycles. The normalized spacial score (nSPS) is 11.3. The Bertz CT molecular complexity index is 1190. The fourth-order valence-electron chi connectivity index (χ4n) is 3.52. The maximum atomic E-state index is 13.4. The summed E-state index contributed by atoms with van der Waals surface area (Å²) in [6.07, 6.45) is 0.0457. The van der Waals surface area contributed by atoms with E-state index in [1.165, 1.54) is 12.1 Å². The number of hydrogen-bond acceptors (Lipinski definition) is 4. The number of carbonyl (C=O) groups excluding carboxylic acids is 1. The van der Waals surface area contributed by atoms with Gasteiger partial charge in [0.15, 0.2) is 0 Å². The predicted molar refractivity (Wildman–Crippen MR) is 131 cm³/mol. The highest BCUT2D eigenvalue weighted by Crippen LogP contribution is 2.25. The molecule has 0 aliphatic carbocycles. The zero-order valence-electron chi connectivity index (χ0n) is 19.4. The molecule has 7 heteroatoms. The van der Waals surface area contributed by atoms with E-state index in [0.29, 0.717) is 5.69 Å². The van der Waals surface area contributed by atoms with Crippen LogP contribution in [0.2, 0.25) is 0 Å². The Morgan fingerprint density at radius 3 is 2.24 bits per heavy atom. The Kier molecular flexibility index (Phi) is 7.76. The number of carbonyl (C=O) groups is 1. The molecule has 3 aromatic carbocycles. The fourth-order valence-corrected chi connectivity index (χ4v) is 4.94. The second-order valence-corrected chi connectivity index (χ2v) is 10.1. The van der Waals surface area contributed by atoms with Crippen molar-refractivity contribution in [1.29, 1.82) is 0 Å². The second-order valence-electron chi connectivity index (χ2n) is 8.26. The Morgan fingerprint density at radius 1 is 0.939 bits per heavy atom. The Morgan fingerprint density at radius 2 is 1.61 bits per heavy atom. The van der Waals surface area contributed by atoms with Gasteiger partial charge in [-0.05, 0) is 80.8 Å². The van der Waals surface area contributed by atoms with Crippen LogP contribution < -0.4 is 14.4 Å². The molecule has 0 atom stereocenters. The molecule has 0 saturated heterocycles. The maximum absolute atomic E-state index is 13.4. The highest BCUT2D eigenvalue weighted by Gasteiger charge is 2.27. The van der Waals surface area contributed by atoms with Gasteiger partial charge in [0, 0.05) is 6.54 Å². The molecule has 0 aliphatic rings. The average molecular weight is 467 g/mol. The summed E-state index contributed by atoms with van der Waals surface area (Å²) in [6.45, 7) is 7.63. The zero-order valence-corrected chi connectivity index (χ0v) is 20.2. The molecule has 0 heterocycles. The van der Waals surface area contributed by atoms with Gasteiger partial charge >= 0.3 is 0 Å². The van der Waals surface area contributed by atoms with Gasteiger partial charge in [0.25, 0.3) is 10.0 Å². The number of amides is 1. The summed E-state index contributed by atoms with van der Waals surface area (Å²) in [5.74, 6) is 0.323. The minimum absolute atomic E-state index is 0.0457. The molecule has 33 heavy (non-hydrogen) atoms. The molecule has 0 radical (unpaired) electrons. The Labute approximate surface area is 196 Å². The van der Waals surface area contributed by atoms with Crippen LogP contribution in [0.5, 0.6) is 5.75 Å². The van der Waals surface area contributed by atoms with Gasteiger partial charge in [0.1, 0.15) is 12.3 Å². The van der Waals surface area contributed by atoms with Crippen LogP contribution in [-0.2, 0) is 21.4 Å². The van der Waals surface area contributed by atoms with Crippen molar-refractivity contribution in [2.45, 2.75) is 45.2 Å². The smallest absolute Gasteiger partial charge is 0.264 e. The van der Waals surface area contributed by atoms with Crippen LogP contribution in [0.1, 0.15) is 30.5 Å². The number of nitrogens with zero attached hydrogens (tertiary/aromatic N) is 1. The topological polar surface area (TPSA) is 75.7 Å². The summed E-state index contributed by atoms with van der Waals surface area (Å²) in [5, 5.41) is 2.83. The summed E-state index contributed by atoms with van der Waals surface area (Å²) in [4.78, 5) is 13.0. The number of benzene rings is 3. The third-order valence-electron chi connectivity index (χ3n) is 4.87. The minimum atomic E-state index is -3.93. The van der Waals surface area contributed by atoms with Crippen molar-refractivity contribution >= 4 is 21.6 Å². The number of sulfonamides is 1. The summed E-state index contributed by atoms with van der Waals surface area (Å²) in [6, 6.07) is 21.1. The lowest BCUT2D eigenvalue weighted by Gasteiger charge is -2.25. The van der Waals surface area contributed by atoms with Crippen molar-refractivity contribution in [3.8, 4) is 5.75 Å². The first kappa shape index (κ1) is 24.3. The van der Waals surface area contributed by atoms with E-state index in [-0.39, 0.29) is 24.1 Å². The van der Waals surface area contributed by atoms with Crippen LogP contribution in [0.25, 0.3) is 0 Å². The molecule has 3 rings (SSSR count). The fraction of sp³-hybridized carbons (Fsp3) is 0.269. The van der Waals surface area contributed by atoms with Gasteiger partial charge in [0.2, 0.25) is 5.91 Å². The summed E-state index contributed by atoms with van der Waals surface area (Å²) >= 11 is 0. The molecule has 1 N–H and O–H groups in total. The predicted octanol–water partition coefficient (Wildman–Crippen LogP) is 4.60. The van der Waals surface area contributed by atoms with Gasteiger partial charge in [-0.2, -0.15) is 0 Å². The third kappa shape index (κ3) is 6.58. The van der Waals surface area contributed by atoms with Crippen molar-refractivity contribution in [2.75, 3.05) is 10.8 Å². The van der Waals surface area contributed by atoms with E-state index in [1.807, 2.05) is 58.0 Å². The number of hydrogen-bond donors (Lipinski definition) is 1. The molecule has 3 aromatic rings. The Hall–Kier alpha value is -3.32. The van der Waals surface area contributed by atoms with Gasteiger partial charge in [-0.25, -0.2) is 8.42 Å². The number of anilines is 1.